The lowest BCUT2D eigenvalue weighted by molar-refractivity contribution is 0.251. The summed E-state index contributed by atoms with van der Waals surface area (Å²) in [5.74, 6) is 0.587. The quantitative estimate of drug-likeness (QED) is 0.516. The van der Waals surface area contributed by atoms with Gasteiger partial charge in [-0.05, 0) is 55.3 Å². The fourth-order valence-corrected chi connectivity index (χ4v) is 4.30. The average molecular weight is 386 g/mol. The number of halogens is 1. The van der Waals surface area contributed by atoms with Crippen molar-refractivity contribution in [2.75, 3.05) is 13.6 Å². The second kappa shape index (κ2) is 7.41. The maximum absolute atomic E-state index is 13.3. The van der Waals surface area contributed by atoms with E-state index in [9.17, 15) is 4.39 Å². The summed E-state index contributed by atoms with van der Waals surface area (Å²) in [6.45, 7) is 0.934. The predicted octanol–water partition coefficient (Wildman–Crippen LogP) is 4.18. The van der Waals surface area contributed by atoms with Gasteiger partial charge in [-0.3, -0.25) is 9.38 Å². The van der Waals surface area contributed by atoms with Gasteiger partial charge in [-0.1, -0.05) is 24.3 Å². The van der Waals surface area contributed by atoms with Crippen molar-refractivity contribution in [1.82, 2.24) is 19.3 Å². The first-order valence-electron chi connectivity index (χ1n) is 10.0. The van der Waals surface area contributed by atoms with Crippen LogP contribution < -0.4 is 0 Å². The highest BCUT2D eigenvalue weighted by Crippen LogP contribution is 2.26. The number of fused-ring (bicyclic) bond motifs is 2. The third-order valence-electron chi connectivity index (χ3n) is 5.98. The summed E-state index contributed by atoms with van der Waals surface area (Å²) in [5.41, 5.74) is 5.88. The first kappa shape index (κ1) is 18.0. The minimum atomic E-state index is -0.240. The van der Waals surface area contributed by atoms with Gasteiger partial charge in [0.15, 0.2) is 0 Å². The normalized spacial score (nSPS) is 14.0. The fourth-order valence-electron chi connectivity index (χ4n) is 4.30. The minimum absolute atomic E-state index is 0.240. The summed E-state index contributed by atoms with van der Waals surface area (Å²) in [4.78, 5) is 11.6. The van der Waals surface area contributed by atoms with E-state index in [0.717, 1.165) is 48.4 Å². The summed E-state index contributed by atoms with van der Waals surface area (Å²) in [6.07, 6.45) is 8.60. The highest BCUT2D eigenvalue weighted by molar-refractivity contribution is 5.64. The molecule has 5 heteroatoms. The molecule has 2 heterocycles. The largest absolute Gasteiger partial charge is 0.302 e. The van der Waals surface area contributed by atoms with Gasteiger partial charge in [-0.15, -0.1) is 0 Å². The maximum Gasteiger partial charge on any atom is 0.144 e. The van der Waals surface area contributed by atoms with Gasteiger partial charge in [0.25, 0.3) is 0 Å². The SMILES string of the molecule is CN(CCc1nc(-c2ccc(F)cc2)n2ccncc12)C1Cc2ccccc2C1. The van der Waals surface area contributed by atoms with Crippen LogP contribution in [-0.2, 0) is 19.3 Å². The van der Waals surface area contributed by atoms with Crippen molar-refractivity contribution in [3.63, 3.8) is 0 Å². The highest BCUT2D eigenvalue weighted by Gasteiger charge is 2.24. The number of rotatable bonds is 5. The van der Waals surface area contributed by atoms with E-state index in [1.54, 1.807) is 18.3 Å². The van der Waals surface area contributed by atoms with Crippen LogP contribution in [0.15, 0.2) is 67.1 Å². The summed E-state index contributed by atoms with van der Waals surface area (Å²) >= 11 is 0. The molecule has 0 aliphatic heterocycles. The Bertz CT molecular complexity index is 1120. The maximum atomic E-state index is 13.3. The number of hydrogen-bond acceptors (Lipinski definition) is 3. The van der Waals surface area contributed by atoms with E-state index in [1.807, 2.05) is 16.8 Å². The third kappa shape index (κ3) is 3.42. The molecular weight excluding hydrogens is 363 g/mol. The van der Waals surface area contributed by atoms with Crippen LogP contribution in [0.4, 0.5) is 4.39 Å². The Hall–Kier alpha value is -3.05. The van der Waals surface area contributed by atoms with Crippen molar-refractivity contribution < 1.29 is 4.39 Å². The molecule has 0 spiro atoms. The van der Waals surface area contributed by atoms with Crippen LogP contribution in [0.25, 0.3) is 16.9 Å². The molecule has 4 nitrogen and oxygen atoms in total. The molecular formula is C24H23FN4. The molecule has 0 bridgehead atoms. The van der Waals surface area contributed by atoms with Crippen molar-refractivity contribution in [3.05, 3.63) is 89.8 Å². The van der Waals surface area contributed by atoms with E-state index in [4.69, 9.17) is 4.98 Å². The van der Waals surface area contributed by atoms with Crippen molar-refractivity contribution in [2.24, 2.45) is 0 Å². The van der Waals surface area contributed by atoms with Gasteiger partial charge in [0.1, 0.15) is 11.6 Å². The van der Waals surface area contributed by atoms with Gasteiger partial charge in [0.05, 0.1) is 17.4 Å². The molecule has 0 fully saturated rings. The van der Waals surface area contributed by atoms with E-state index in [-0.39, 0.29) is 5.82 Å². The van der Waals surface area contributed by atoms with Crippen LogP contribution in [0.2, 0.25) is 0 Å². The minimum Gasteiger partial charge on any atom is -0.302 e. The summed E-state index contributed by atoms with van der Waals surface area (Å²) in [5, 5.41) is 0. The summed E-state index contributed by atoms with van der Waals surface area (Å²) < 4.78 is 15.4. The Balaban J connectivity index is 1.36. The molecule has 2 aromatic carbocycles. The Morgan fingerprint density at radius 2 is 1.79 bits per heavy atom. The number of imidazole rings is 1. The number of aromatic nitrogens is 3. The first-order chi connectivity index (χ1) is 14.2. The van der Waals surface area contributed by atoms with E-state index >= 15 is 0 Å². The Morgan fingerprint density at radius 3 is 2.52 bits per heavy atom. The van der Waals surface area contributed by atoms with Crippen LogP contribution in [0.3, 0.4) is 0 Å². The van der Waals surface area contributed by atoms with E-state index < -0.39 is 0 Å². The van der Waals surface area contributed by atoms with Gasteiger partial charge in [0, 0.05) is 37.0 Å². The number of likely N-dealkylation sites (N-methyl/N-ethyl adjacent to an activating group) is 1. The molecule has 29 heavy (non-hydrogen) atoms. The van der Waals surface area contributed by atoms with E-state index in [0.29, 0.717) is 6.04 Å². The zero-order chi connectivity index (χ0) is 19.8. The molecule has 1 aliphatic rings. The second-order valence-corrected chi connectivity index (χ2v) is 7.78. The number of hydrogen-bond donors (Lipinski definition) is 0. The van der Waals surface area contributed by atoms with Gasteiger partial charge in [-0.25, -0.2) is 9.37 Å². The Morgan fingerprint density at radius 1 is 1.07 bits per heavy atom. The molecule has 0 saturated heterocycles. The predicted molar refractivity (Wildman–Crippen MR) is 112 cm³/mol. The van der Waals surface area contributed by atoms with Crippen LogP contribution in [0.1, 0.15) is 16.8 Å². The van der Waals surface area contributed by atoms with Gasteiger partial charge < -0.3 is 4.90 Å². The topological polar surface area (TPSA) is 33.4 Å². The second-order valence-electron chi connectivity index (χ2n) is 7.78. The van der Waals surface area contributed by atoms with Crippen LogP contribution >= 0.6 is 0 Å². The lowest BCUT2D eigenvalue weighted by Gasteiger charge is -2.23. The summed E-state index contributed by atoms with van der Waals surface area (Å²) in [7, 11) is 2.20. The molecule has 0 atom stereocenters. The van der Waals surface area contributed by atoms with Crippen molar-refractivity contribution in [1.29, 1.82) is 0 Å². The summed E-state index contributed by atoms with van der Waals surface area (Å²) in [6, 6.07) is 15.8. The molecule has 0 unspecified atom stereocenters. The van der Waals surface area contributed by atoms with Crippen LogP contribution in [0, 0.1) is 5.82 Å². The molecule has 0 amide bonds. The number of benzene rings is 2. The molecule has 0 radical (unpaired) electrons. The van der Waals surface area contributed by atoms with Crippen molar-refractivity contribution in [3.8, 4) is 11.4 Å². The van der Waals surface area contributed by atoms with Gasteiger partial charge >= 0.3 is 0 Å². The van der Waals surface area contributed by atoms with E-state index in [2.05, 4.69) is 41.2 Å². The average Bonchev–Trinajstić information content (AvgIpc) is 3.35. The fraction of sp³-hybridized carbons (Fsp3) is 0.250. The monoisotopic (exact) mass is 386 g/mol. The molecule has 4 aromatic rings. The smallest absolute Gasteiger partial charge is 0.144 e. The molecule has 0 N–H and O–H groups in total. The van der Waals surface area contributed by atoms with Crippen LogP contribution in [-0.4, -0.2) is 38.9 Å². The highest BCUT2D eigenvalue weighted by atomic mass is 19.1. The zero-order valence-electron chi connectivity index (χ0n) is 16.4. The van der Waals surface area contributed by atoms with Gasteiger partial charge in [-0.2, -0.15) is 0 Å². The molecule has 146 valence electrons. The first-order valence-corrected chi connectivity index (χ1v) is 10.0. The van der Waals surface area contributed by atoms with Crippen molar-refractivity contribution >= 4 is 5.52 Å². The molecule has 1 aliphatic carbocycles. The third-order valence-corrected chi connectivity index (χ3v) is 5.98. The van der Waals surface area contributed by atoms with Gasteiger partial charge in [0.2, 0.25) is 0 Å². The van der Waals surface area contributed by atoms with E-state index in [1.165, 1.54) is 23.3 Å². The van der Waals surface area contributed by atoms with Crippen LogP contribution in [0.5, 0.6) is 0 Å². The zero-order valence-corrected chi connectivity index (χ0v) is 16.4. The standard InChI is InChI=1S/C24H23FN4/c1-28(21-14-18-4-2-3-5-19(18)15-21)12-10-22-23-16-26-11-13-29(23)24(27-22)17-6-8-20(25)9-7-17/h2-9,11,13,16,21H,10,12,14-15H2,1H3. The molecule has 2 aromatic heterocycles. The Kier molecular flexibility index (Phi) is 4.60. The Labute approximate surface area is 169 Å². The van der Waals surface area contributed by atoms with Crippen molar-refractivity contribution in [2.45, 2.75) is 25.3 Å². The number of nitrogens with zero attached hydrogens (tertiary/aromatic N) is 4. The lowest BCUT2D eigenvalue weighted by atomic mass is 10.1. The molecule has 0 saturated carbocycles. The lowest BCUT2D eigenvalue weighted by Crippen LogP contribution is -2.34. The molecule has 5 rings (SSSR count).